The van der Waals surface area contributed by atoms with Gasteiger partial charge in [0.15, 0.2) is 5.78 Å². The van der Waals surface area contributed by atoms with E-state index in [2.05, 4.69) is 31.9 Å². The van der Waals surface area contributed by atoms with Crippen LogP contribution in [0.2, 0.25) is 0 Å². The molecule has 0 radical (unpaired) electrons. The van der Waals surface area contributed by atoms with Crippen molar-refractivity contribution in [1.82, 2.24) is 0 Å². The van der Waals surface area contributed by atoms with E-state index in [1.165, 1.54) is 6.07 Å². The standard InChI is InChI=1S/C9H5Br2F3O/c1-4(15)6-2-5(10)3-7(11)8(6)9(12,13)14/h2-3H,1H3. The summed E-state index contributed by atoms with van der Waals surface area (Å²) >= 11 is 5.83. The predicted octanol–water partition coefficient (Wildman–Crippen LogP) is 4.43. The molecule has 0 atom stereocenters. The molecule has 0 amide bonds. The van der Waals surface area contributed by atoms with Crippen molar-refractivity contribution in [3.05, 3.63) is 32.2 Å². The molecule has 0 aromatic heterocycles. The minimum absolute atomic E-state index is 0.144. The van der Waals surface area contributed by atoms with Crippen LogP contribution in [-0.4, -0.2) is 5.78 Å². The van der Waals surface area contributed by atoms with E-state index < -0.39 is 17.5 Å². The van der Waals surface area contributed by atoms with Crippen molar-refractivity contribution in [2.45, 2.75) is 13.1 Å². The number of rotatable bonds is 1. The predicted molar refractivity (Wildman–Crippen MR) is 56.8 cm³/mol. The quantitative estimate of drug-likeness (QED) is 0.688. The number of carbonyl (C=O) groups is 1. The largest absolute Gasteiger partial charge is 0.418 e. The molecule has 0 unspecified atom stereocenters. The lowest BCUT2D eigenvalue weighted by Gasteiger charge is -2.13. The average Bonchev–Trinajstić information content (AvgIpc) is 1.99. The highest BCUT2D eigenvalue weighted by molar-refractivity contribution is 9.11. The molecule has 0 saturated heterocycles. The zero-order chi connectivity index (χ0) is 11.8. The Morgan fingerprint density at radius 1 is 1.27 bits per heavy atom. The van der Waals surface area contributed by atoms with E-state index in [9.17, 15) is 18.0 Å². The summed E-state index contributed by atoms with van der Waals surface area (Å²) in [6, 6.07) is 2.42. The maximum atomic E-state index is 12.6. The van der Waals surface area contributed by atoms with Crippen molar-refractivity contribution in [2.24, 2.45) is 0 Å². The molecule has 1 aromatic rings. The van der Waals surface area contributed by atoms with Crippen LogP contribution in [0.5, 0.6) is 0 Å². The molecule has 0 fully saturated rings. The maximum Gasteiger partial charge on any atom is 0.418 e. The minimum Gasteiger partial charge on any atom is -0.294 e. The third-order valence-corrected chi connectivity index (χ3v) is 2.80. The molecular formula is C9H5Br2F3O. The number of ketones is 1. The van der Waals surface area contributed by atoms with Crippen LogP contribution in [0.1, 0.15) is 22.8 Å². The van der Waals surface area contributed by atoms with Gasteiger partial charge in [0.05, 0.1) is 5.56 Å². The second-order valence-electron chi connectivity index (χ2n) is 2.86. The van der Waals surface area contributed by atoms with Gasteiger partial charge in [0.25, 0.3) is 0 Å². The van der Waals surface area contributed by atoms with E-state index >= 15 is 0 Å². The highest BCUT2D eigenvalue weighted by Gasteiger charge is 2.37. The van der Waals surface area contributed by atoms with Gasteiger partial charge in [0, 0.05) is 14.5 Å². The topological polar surface area (TPSA) is 17.1 Å². The van der Waals surface area contributed by atoms with Gasteiger partial charge in [-0.3, -0.25) is 4.79 Å². The molecule has 0 heterocycles. The molecule has 0 saturated carbocycles. The molecule has 0 bridgehead atoms. The van der Waals surface area contributed by atoms with E-state index in [1.807, 2.05) is 0 Å². The molecule has 1 nitrogen and oxygen atoms in total. The smallest absolute Gasteiger partial charge is 0.294 e. The van der Waals surface area contributed by atoms with Crippen LogP contribution in [0.25, 0.3) is 0 Å². The molecule has 0 aliphatic rings. The van der Waals surface area contributed by atoms with Crippen molar-refractivity contribution in [1.29, 1.82) is 0 Å². The van der Waals surface area contributed by atoms with Crippen LogP contribution in [0, 0.1) is 0 Å². The van der Waals surface area contributed by atoms with Crippen molar-refractivity contribution in [3.63, 3.8) is 0 Å². The third-order valence-electron chi connectivity index (χ3n) is 1.72. The summed E-state index contributed by atoms with van der Waals surface area (Å²) in [7, 11) is 0. The lowest BCUT2D eigenvalue weighted by Crippen LogP contribution is -2.12. The fraction of sp³-hybridized carbons (Fsp3) is 0.222. The Labute approximate surface area is 101 Å². The Balaban J connectivity index is 3.55. The summed E-state index contributed by atoms with van der Waals surface area (Å²) in [6.07, 6.45) is -4.54. The SMILES string of the molecule is CC(=O)c1cc(Br)cc(Br)c1C(F)(F)F. The average molecular weight is 346 g/mol. The summed E-state index contributed by atoms with van der Waals surface area (Å²) < 4.78 is 38.1. The van der Waals surface area contributed by atoms with Gasteiger partial charge in [0.2, 0.25) is 0 Å². The maximum absolute atomic E-state index is 12.6. The third kappa shape index (κ3) is 2.81. The minimum atomic E-state index is -4.54. The number of halogens is 5. The Kier molecular flexibility index (Phi) is 3.60. The van der Waals surface area contributed by atoms with E-state index in [1.54, 1.807) is 0 Å². The van der Waals surface area contributed by atoms with Crippen molar-refractivity contribution in [2.75, 3.05) is 0 Å². The normalized spacial score (nSPS) is 11.6. The Hall–Kier alpha value is -0.360. The van der Waals surface area contributed by atoms with Gasteiger partial charge in [-0.1, -0.05) is 31.9 Å². The Morgan fingerprint density at radius 2 is 1.80 bits per heavy atom. The van der Waals surface area contributed by atoms with Gasteiger partial charge < -0.3 is 0 Å². The number of carbonyl (C=O) groups excluding carboxylic acids is 1. The van der Waals surface area contributed by atoms with E-state index in [0.717, 1.165) is 13.0 Å². The zero-order valence-corrected chi connectivity index (χ0v) is 10.6. The second kappa shape index (κ2) is 4.25. The van der Waals surface area contributed by atoms with E-state index in [-0.39, 0.29) is 10.0 Å². The number of benzene rings is 1. The molecule has 0 spiro atoms. The van der Waals surface area contributed by atoms with Crippen molar-refractivity contribution in [3.8, 4) is 0 Å². The molecule has 1 aromatic carbocycles. The first-order valence-electron chi connectivity index (χ1n) is 3.80. The second-order valence-corrected chi connectivity index (χ2v) is 4.63. The first-order chi connectivity index (χ1) is 6.73. The molecule has 0 aliphatic carbocycles. The number of Topliss-reactive ketones (excluding diaryl/α,β-unsaturated/α-hetero) is 1. The first-order valence-corrected chi connectivity index (χ1v) is 5.39. The molecule has 6 heteroatoms. The van der Waals surface area contributed by atoms with Crippen LogP contribution in [0.4, 0.5) is 13.2 Å². The molecule has 0 N–H and O–H groups in total. The van der Waals surface area contributed by atoms with Gasteiger partial charge in [-0.05, 0) is 19.1 Å². The van der Waals surface area contributed by atoms with Crippen molar-refractivity contribution >= 4 is 37.6 Å². The first kappa shape index (κ1) is 12.7. The van der Waals surface area contributed by atoms with Crippen LogP contribution in [-0.2, 0) is 6.18 Å². The monoisotopic (exact) mass is 344 g/mol. The molecule has 1 rings (SSSR count). The summed E-state index contributed by atoms with van der Waals surface area (Å²) in [4.78, 5) is 11.1. The van der Waals surface area contributed by atoms with Gasteiger partial charge in [-0.15, -0.1) is 0 Å². The summed E-state index contributed by atoms with van der Waals surface area (Å²) in [6.45, 7) is 1.10. The number of hydrogen-bond donors (Lipinski definition) is 0. The van der Waals surface area contributed by atoms with Crippen LogP contribution in [0.15, 0.2) is 21.1 Å². The Morgan fingerprint density at radius 3 is 2.20 bits per heavy atom. The van der Waals surface area contributed by atoms with Gasteiger partial charge >= 0.3 is 6.18 Å². The number of alkyl halides is 3. The summed E-state index contributed by atoms with van der Waals surface area (Å²) in [5, 5.41) is 0. The van der Waals surface area contributed by atoms with E-state index in [4.69, 9.17) is 0 Å². The fourth-order valence-electron chi connectivity index (χ4n) is 1.14. The molecular weight excluding hydrogens is 341 g/mol. The van der Waals surface area contributed by atoms with Crippen LogP contribution < -0.4 is 0 Å². The summed E-state index contributed by atoms with van der Waals surface area (Å²) in [5.74, 6) is -0.621. The molecule has 82 valence electrons. The van der Waals surface area contributed by atoms with Gasteiger partial charge in [0.1, 0.15) is 0 Å². The molecule has 0 aliphatic heterocycles. The molecule has 15 heavy (non-hydrogen) atoms. The van der Waals surface area contributed by atoms with Gasteiger partial charge in [-0.25, -0.2) is 0 Å². The van der Waals surface area contributed by atoms with Crippen LogP contribution >= 0.6 is 31.9 Å². The van der Waals surface area contributed by atoms with Gasteiger partial charge in [-0.2, -0.15) is 13.2 Å². The summed E-state index contributed by atoms with van der Waals surface area (Å²) in [5.41, 5.74) is -1.28. The van der Waals surface area contributed by atoms with Crippen LogP contribution in [0.3, 0.4) is 0 Å². The number of hydrogen-bond acceptors (Lipinski definition) is 1. The lowest BCUT2D eigenvalue weighted by molar-refractivity contribution is -0.138. The highest BCUT2D eigenvalue weighted by atomic mass is 79.9. The highest BCUT2D eigenvalue weighted by Crippen LogP contribution is 2.39. The zero-order valence-electron chi connectivity index (χ0n) is 7.45. The van der Waals surface area contributed by atoms with E-state index in [0.29, 0.717) is 4.47 Å². The fourth-order valence-corrected chi connectivity index (χ4v) is 2.59. The lowest BCUT2D eigenvalue weighted by atomic mass is 10.0. The Bertz CT molecular complexity index is 413. The van der Waals surface area contributed by atoms with Crippen molar-refractivity contribution < 1.29 is 18.0 Å².